The minimum absolute atomic E-state index is 0.146. The first-order valence-electron chi connectivity index (χ1n) is 8.56. The molecule has 0 aliphatic carbocycles. The van der Waals surface area contributed by atoms with Crippen molar-refractivity contribution in [1.82, 2.24) is 15.0 Å². The maximum Gasteiger partial charge on any atom is 0.255 e. The van der Waals surface area contributed by atoms with E-state index in [1.807, 2.05) is 48.5 Å². The van der Waals surface area contributed by atoms with Crippen LogP contribution in [-0.2, 0) is 6.42 Å². The normalized spacial score (nSPS) is 10.8. The maximum atomic E-state index is 12.3. The van der Waals surface area contributed by atoms with Crippen molar-refractivity contribution in [3.05, 3.63) is 83.9 Å². The lowest BCUT2D eigenvalue weighted by Gasteiger charge is -2.04. The molecule has 1 heterocycles. The summed E-state index contributed by atoms with van der Waals surface area (Å²) in [6, 6.07) is 22.8. The molecule has 128 valence electrons. The quantitative estimate of drug-likeness (QED) is 0.603. The summed E-state index contributed by atoms with van der Waals surface area (Å²) in [5, 5.41) is 11.9. The summed E-state index contributed by atoms with van der Waals surface area (Å²) in [6.07, 6.45) is 0.999. The van der Waals surface area contributed by atoms with Crippen molar-refractivity contribution in [2.24, 2.45) is 0 Å². The number of carbonyl (C=O) groups is 1. The molecule has 0 atom stereocenters. The predicted octanol–water partition coefficient (Wildman–Crippen LogP) is 4.24. The third-order valence-corrected chi connectivity index (χ3v) is 4.25. The second-order valence-electron chi connectivity index (χ2n) is 6.03. The van der Waals surface area contributed by atoms with Crippen LogP contribution in [0.15, 0.2) is 72.8 Å². The first kappa shape index (κ1) is 16.0. The summed E-state index contributed by atoms with van der Waals surface area (Å²) in [4.78, 5) is 13.9. The minimum Gasteiger partial charge on any atom is -0.322 e. The van der Waals surface area contributed by atoms with Crippen LogP contribution in [-0.4, -0.2) is 20.9 Å². The van der Waals surface area contributed by atoms with Crippen molar-refractivity contribution < 1.29 is 4.79 Å². The Bertz CT molecular complexity index is 1050. The highest BCUT2D eigenvalue weighted by molar-refractivity contribution is 6.04. The molecule has 1 aromatic heterocycles. The number of nitrogens with zero attached hydrogens (tertiary/aromatic N) is 3. The van der Waals surface area contributed by atoms with Gasteiger partial charge < -0.3 is 5.32 Å². The van der Waals surface area contributed by atoms with Gasteiger partial charge in [-0.25, -0.2) is 0 Å². The first-order chi connectivity index (χ1) is 12.7. The molecule has 4 rings (SSSR count). The van der Waals surface area contributed by atoms with E-state index < -0.39 is 0 Å². The van der Waals surface area contributed by atoms with E-state index in [9.17, 15) is 4.79 Å². The van der Waals surface area contributed by atoms with E-state index in [-0.39, 0.29) is 5.91 Å². The van der Waals surface area contributed by atoms with E-state index in [0.717, 1.165) is 23.1 Å². The van der Waals surface area contributed by atoms with E-state index >= 15 is 0 Å². The second-order valence-corrected chi connectivity index (χ2v) is 6.03. The lowest BCUT2D eigenvalue weighted by molar-refractivity contribution is 0.102. The molecule has 0 aliphatic heterocycles. The Morgan fingerprint density at radius 2 is 1.65 bits per heavy atom. The smallest absolute Gasteiger partial charge is 0.255 e. The van der Waals surface area contributed by atoms with Gasteiger partial charge in [-0.15, -0.1) is 10.2 Å². The molecule has 0 saturated heterocycles. The molecule has 26 heavy (non-hydrogen) atoms. The number of aryl methyl sites for hydroxylation is 1. The number of carbonyl (C=O) groups excluding carboxylic acids is 1. The van der Waals surface area contributed by atoms with Gasteiger partial charge in [-0.1, -0.05) is 37.3 Å². The van der Waals surface area contributed by atoms with E-state index in [1.54, 1.807) is 16.9 Å². The molecule has 0 saturated carbocycles. The van der Waals surface area contributed by atoms with Gasteiger partial charge in [0.1, 0.15) is 11.0 Å². The monoisotopic (exact) mass is 342 g/mol. The molecule has 1 N–H and O–H groups in total. The third-order valence-electron chi connectivity index (χ3n) is 4.25. The first-order valence-corrected chi connectivity index (χ1v) is 8.56. The van der Waals surface area contributed by atoms with E-state index in [1.165, 1.54) is 5.56 Å². The lowest BCUT2D eigenvalue weighted by atomic mass is 10.2. The van der Waals surface area contributed by atoms with E-state index in [2.05, 4.69) is 34.6 Å². The van der Waals surface area contributed by atoms with Gasteiger partial charge in [-0.05, 0) is 54.4 Å². The molecular weight excluding hydrogens is 324 g/mol. The minimum atomic E-state index is -0.146. The van der Waals surface area contributed by atoms with Crippen LogP contribution in [0.3, 0.4) is 0 Å². The average molecular weight is 342 g/mol. The van der Waals surface area contributed by atoms with Gasteiger partial charge in [0, 0.05) is 11.3 Å². The molecule has 0 unspecified atom stereocenters. The Kier molecular flexibility index (Phi) is 4.19. The van der Waals surface area contributed by atoms with Gasteiger partial charge in [0.05, 0.1) is 5.69 Å². The Morgan fingerprint density at radius 1 is 0.923 bits per heavy atom. The van der Waals surface area contributed by atoms with Crippen LogP contribution in [0.1, 0.15) is 22.8 Å². The highest BCUT2D eigenvalue weighted by Gasteiger charge is 2.09. The van der Waals surface area contributed by atoms with Crippen LogP contribution in [0.25, 0.3) is 16.7 Å². The molecule has 0 bridgehead atoms. The molecule has 1 amide bonds. The van der Waals surface area contributed by atoms with Gasteiger partial charge in [-0.2, -0.15) is 4.80 Å². The Balaban J connectivity index is 1.60. The average Bonchev–Trinajstić information content (AvgIpc) is 3.12. The molecule has 0 aliphatic rings. The summed E-state index contributed by atoms with van der Waals surface area (Å²) in [7, 11) is 0. The Morgan fingerprint density at radius 3 is 2.38 bits per heavy atom. The summed E-state index contributed by atoms with van der Waals surface area (Å²) < 4.78 is 0. The zero-order valence-electron chi connectivity index (χ0n) is 14.4. The lowest BCUT2D eigenvalue weighted by Crippen LogP contribution is -2.11. The van der Waals surface area contributed by atoms with Crippen molar-refractivity contribution >= 4 is 22.6 Å². The number of hydrogen-bond acceptors (Lipinski definition) is 3. The predicted molar refractivity (Wildman–Crippen MR) is 103 cm³/mol. The zero-order valence-corrected chi connectivity index (χ0v) is 14.4. The maximum absolute atomic E-state index is 12.3. The number of nitrogens with one attached hydrogen (secondary N) is 1. The van der Waals surface area contributed by atoms with Crippen molar-refractivity contribution in [2.75, 3.05) is 5.32 Å². The number of rotatable bonds is 4. The van der Waals surface area contributed by atoms with Crippen LogP contribution in [0.4, 0.5) is 5.69 Å². The largest absolute Gasteiger partial charge is 0.322 e. The van der Waals surface area contributed by atoms with Crippen molar-refractivity contribution in [2.45, 2.75) is 13.3 Å². The number of benzene rings is 3. The van der Waals surface area contributed by atoms with Crippen molar-refractivity contribution in [3.63, 3.8) is 0 Å². The van der Waals surface area contributed by atoms with Gasteiger partial charge in [-0.3, -0.25) is 4.79 Å². The van der Waals surface area contributed by atoms with Crippen LogP contribution in [0.5, 0.6) is 0 Å². The van der Waals surface area contributed by atoms with Gasteiger partial charge in [0.2, 0.25) is 0 Å². The third kappa shape index (κ3) is 3.19. The van der Waals surface area contributed by atoms with Crippen molar-refractivity contribution in [1.29, 1.82) is 0 Å². The number of fused-ring (bicyclic) bond motifs is 1. The number of hydrogen-bond donors (Lipinski definition) is 1. The summed E-state index contributed by atoms with van der Waals surface area (Å²) >= 11 is 0. The molecule has 4 aromatic rings. The molecular formula is C21H18N4O. The summed E-state index contributed by atoms with van der Waals surface area (Å²) in [6.45, 7) is 2.13. The second kappa shape index (κ2) is 6.80. The van der Waals surface area contributed by atoms with Gasteiger partial charge in [0.25, 0.3) is 5.91 Å². The van der Waals surface area contributed by atoms with Gasteiger partial charge in [0.15, 0.2) is 0 Å². The molecule has 5 nitrogen and oxygen atoms in total. The SMILES string of the molecule is CCc1ccc(-n2nc3ccc(NC(=O)c4ccccc4)cc3n2)cc1. The fourth-order valence-electron chi connectivity index (χ4n) is 2.77. The zero-order chi connectivity index (χ0) is 17.9. The summed E-state index contributed by atoms with van der Waals surface area (Å²) in [5.41, 5.74) is 5.01. The topological polar surface area (TPSA) is 59.8 Å². The standard InChI is InChI=1S/C21H18N4O/c1-2-15-8-11-18(12-9-15)25-23-19-13-10-17(14-20(19)24-25)22-21(26)16-6-4-3-5-7-16/h3-14H,2H2,1H3,(H,22,26). The van der Waals surface area contributed by atoms with Crippen LogP contribution >= 0.6 is 0 Å². The number of anilines is 1. The fraction of sp³-hybridized carbons (Fsp3) is 0.0952. The van der Waals surface area contributed by atoms with Crippen LogP contribution < -0.4 is 5.32 Å². The Labute approximate surface area is 151 Å². The highest BCUT2D eigenvalue weighted by atomic mass is 16.1. The highest BCUT2D eigenvalue weighted by Crippen LogP contribution is 2.18. The van der Waals surface area contributed by atoms with E-state index in [4.69, 9.17) is 0 Å². The van der Waals surface area contributed by atoms with Crippen molar-refractivity contribution in [3.8, 4) is 5.69 Å². The van der Waals surface area contributed by atoms with Crippen LogP contribution in [0, 0.1) is 0 Å². The molecule has 0 fully saturated rings. The fourth-order valence-corrected chi connectivity index (χ4v) is 2.77. The molecule has 5 heteroatoms. The van der Waals surface area contributed by atoms with Gasteiger partial charge >= 0.3 is 0 Å². The molecule has 3 aromatic carbocycles. The molecule has 0 spiro atoms. The number of aromatic nitrogens is 3. The van der Waals surface area contributed by atoms with E-state index in [0.29, 0.717) is 11.3 Å². The van der Waals surface area contributed by atoms with Crippen LogP contribution in [0.2, 0.25) is 0 Å². The summed E-state index contributed by atoms with van der Waals surface area (Å²) in [5.74, 6) is -0.146. The Hall–Kier alpha value is -3.47. The molecule has 0 radical (unpaired) electrons. The number of amides is 1.